The van der Waals surface area contributed by atoms with Crippen LogP contribution in [0.5, 0.6) is 0 Å². The first-order valence-corrected chi connectivity index (χ1v) is 6.42. The molecule has 0 saturated heterocycles. The molecule has 0 aliphatic carbocycles. The normalized spacial score (nSPS) is 11.6. The molecule has 0 aromatic carbocycles. The average Bonchev–Trinajstić information content (AvgIpc) is 2.64. The Morgan fingerprint density at radius 1 is 1.32 bits per heavy atom. The number of furan rings is 1. The molecule has 0 saturated carbocycles. The quantitative estimate of drug-likeness (QED) is 0.844. The number of anilines is 1. The summed E-state index contributed by atoms with van der Waals surface area (Å²) < 4.78 is 5.60. The number of nitrogen functional groups attached to an aromatic ring is 1. The molecule has 0 unspecified atom stereocenters. The van der Waals surface area contributed by atoms with Crippen molar-refractivity contribution in [2.45, 2.75) is 27.3 Å². The van der Waals surface area contributed by atoms with Crippen LogP contribution in [0.4, 0.5) is 5.82 Å². The summed E-state index contributed by atoms with van der Waals surface area (Å²) in [6.45, 7) is 7.94. The molecule has 2 aromatic rings. The number of aromatic nitrogens is 2. The molecule has 0 spiro atoms. The Bertz CT molecular complexity index is 580. The molecule has 19 heavy (non-hydrogen) atoms. The van der Waals surface area contributed by atoms with Crippen molar-refractivity contribution >= 4 is 16.9 Å². The molecule has 0 atom stereocenters. The smallest absolute Gasteiger partial charge is 0.231 e. The molecule has 0 bridgehead atoms. The van der Waals surface area contributed by atoms with Gasteiger partial charge in [0.25, 0.3) is 0 Å². The van der Waals surface area contributed by atoms with Gasteiger partial charge in [-0.15, -0.1) is 0 Å². The van der Waals surface area contributed by atoms with Gasteiger partial charge in [-0.05, 0) is 20.4 Å². The van der Waals surface area contributed by atoms with Gasteiger partial charge in [-0.3, -0.25) is 4.90 Å². The maximum atomic E-state index is 8.99. The Morgan fingerprint density at radius 2 is 2.05 bits per heavy atom. The largest absolute Gasteiger partial charge is 0.443 e. The number of nitrogens with zero attached hydrogens (tertiary/aromatic N) is 3. The zero-order valence-electron chi connectivity index (χ0n) is 11.6. The van der Waals surface area contributed by atoms with Crippen LogP contribution in [0, 0.1) is 13.8 Å². The Morgan fingerprint density at radius 3 is 2.68 bits per heavy atom. The fraction of sp³-hybridized carbons (Fsp3) is 0.538. The summed E-state index contributed by atoms with van der Waals surface area (Å²) in [5, 5.41) is 9.78. The topological polar surface area (TPSA) is 88.4 Å². The van der Waals surface area contributed by atoms with Crippen LogP contribution in [0.2, 0.25) is 0 Å². The first-order chi connectivity index (χ1) is 9.06. The van der Waals surface area contributed by atoms with Crippen molar-refractivity contribution in [3.05, 3.63) is 17.1 Å². The van der Waals surface area contributed by atoms with E-state index in [-0.39, 0.29) is 6.61 Å². The van der Waals surface area contributed by atoms with Crippen molar-refractivity contribution in [1.29, 1.82) is 0 Å². The summed E-state index contributed by atoms with van der Waals surface area (Å²) >= 11 is 0. The number of hydrogen-bond acceptors (Lipinski definition) is 6. The van der Waals surface area contributed by atoms with Gasteiger partial charge in [-0.2, -0.15) is 4.98 Å². The van der Waals surface area contributed by atoms with Crippen LogP contribution in [-0.2, 0) is 6.54 Å². The lowest BCUT2D eigenvalue weighted by atomic mass is 10.2. The molecule has 2 aromatic heterocycles. The highest BCUT2D eigenvalue weighted by atomic mass is 16.3. The summed E-state index contributed by atoms with van der Waals surface area (Å²) in [5.74, 6) is 1.89. The van der Waals surface area contributed by atoms with Crippen LogP contribution in [0.1, 0.15) is 24.1 Å². The van der Waals surface area contributed by atoms with E-state index in [1.165, 1.54) is 0 Å². The molecule has 0 amide bonds. The second-order valence-electron chi connectivity index (χ2n) is 4.58. The van der Waals surface area contributed by atoms with Gasteiger partial charge in [0.15, 0.2) is 0 Å². The maximum absolute atomic E-state index is 8.99. The Hall–Kier alpha value is -1.66. The molecule has 104 valence electrons. The van der Waals surface area contributed by atoms with E-state index in [4.69, 9.17) is 15.3 Å². The van der Waals surface area contributed by atoms with Crippen molar-refractivity contribution in [3.63, 3.8) is 0 Å². The van der Waals surface area contributed by atoms with Gasteiger partial charge in [0.2, 0.25) is 5.71 Å². The first kappa shape index (κ1) is 13.8. The van der Waals surface area contributed by atoms with Crippen LogP contribution in [0.25, 0.3) is 11.1 Å². The van der Waals surface area contributed by atoms with Crippen LogP contribution in [0.15, 0.2) is 4.42 Å². The molecule has 2 rings (SSSR count). The number of fused-ring (bicyclic) bond motifs is 1. The standard InChI is InChI=1S/C13H20N4O2/c1-4-17(5-6-18)7-10-15-12(14)11-8(2)9(3)19-13(11)16-10/h18H,4-7H2,1-3H3,(H2,14,15,16). The van der Waals surface area contributed by atoms with Gasteiger partial charge in [0, 0.05) is 12.1 Å². The van der Waals surface area contributed by atoms with Gasteiger partial charge in [-0.25, -0.2) is 4.98 Å². The maximum Gasteiger partial charge on any atom is 0.231 e. The van der Waals surface area contributed by atoms with Gasteiger partial charge in [0.05, 0.1) is 18.5 Å². The van der Waals surface area contributed by atoms with E-state index in [0.29, 0.717) is 30.4 Å². The molecular formula is C13H20N4O2. The third kappa shape index (κ3) is 2.69. The van der Waals surface area contributed by atoms with Crippen LogP contribution in [0.3, 0.4) is 0 Å². The highest BCUT2D eigenvalue weighted by molar-refractivity contribution is 5.88. The molecule has 0 aliphatic rings. The number of hydrogen-bond donors (Lipinski definition) is 2. The van der Waals surface area contributed by atoms with E-state index in [1.54, 1.807) is 0 Å². The number of aryl methyl sites for hydroxylation is 2. The molecule has 6 heteroatoms. The van der Waals surface area contributed by atoms with Crippen molar-refractivity contribution in [2.24, 2.45) is 0 Å². The van der Waals surface area contributed by atoms with E-state index in [2.05, 4.69) is 9.97 Å². The lowest BCUT2D eigenvalue weighted by Gasteiger charge is -2.17. The Labute approximate surface area is 112 Å². The van der Waals surface area contributed by atoms with Crippen molar-refractivity contribution in [1.82, 2.24) is 14.9 Å². The lowest BCUT2D eigenvalue weighted by molar-refractivity contribution is 0.194. The van der Waals surface area contributed by atoms with E-state index in [1.807, 2.05) is 25.7 Å². The summed E-state index contributed by atoms with van der Waals surface area (Å²) in [6, 6.07) is 0. The summed E-state index contributed by atoms with van der Waals surface area (Å²) in [4.78, 5) is 10.8. The van der Waals surface area contributed by atoms with Crippen molar-refractivity contribution in [3.8, 4) is 0 Å². The average molecular weight is 264 g/mol. The zero-order chi connectivity index (χ0) is 14.0. The summed E-state index contributed by atoms with van der Waals surface area (Å²) in [6.07, 6.45) is 0. The van der Waals surface area contributed by atoms with E-state index < -0.39 is 0 Å². The number of rotatable bonds is 5. The van der Waals surface area contributed by atoms with Crippen molar-refractivity contribution in [2.75, 3.05) is 25.4 Å². The zero-order valence-corrected chi connectivity index (χ0v) is 11.6. The fourth-order valence-corrected chi connectivity index (χ4v) is 2.09. The number of likely N-dealkylation sites (N-methyl/N-ethyl adjacent to an activating group) is 1. The number of aliphatic hydroxyl groups is 1. The predicted octanol–water partition coefficient (Wildman–Crippen LogP) is 1.24. The predicted molar refractivity (Wildman–Crippen MR) is 73.7 cm³/mol. The van der Waals surface area contributed by atoms with Crippen LogP contribution >= 0.6 is 0 Å². The van der Waals surface area contributed by atoms with E-state index in [0.717, 1.165) is 23.3 Å². The molecule has 6 nitrogen and oxygen atoms in total. The third-order valence-corrected chi connectivity index (χ3v) is 3.33. The molecule has 3 N–H and O–H groups in total. The minimum absolute atomic E-state index is 0.116. The Kier molecular flexibility index (Phi) is 4.01. The molecule has 0 radical (unpaired) electrons. The molecular weight excluding hydrogens is 244 g/mol. The highest BCUT2D eigenvalue weighted by Gasteiger charge is 2.15. The SMILES string of the molecule is CCN(CCO)Cc1nc(N)c2c(C)c(C)oc2n1. The fourth-order valence-electron chi connectivity index (χ4n) is 2.09. The van der Waals surface area contributed by atoms with E-state index in [9.17, 15) is 0 Å². The highest BCUT2D eigenvalue weighted by Crippen LogP contribution is 2.27. The van der Waals surface area contributed by atoms with Gasteiger partial charge >= 0.3 is 0 Å². The number of nitrogens with two attached hydrogens (primary N) is 1. The summed E-state index contributed by atoms with van der Waals surface area (Å²) in [7, 11) is 0. The van der Waals surface area contributed by atoms with Gasteiger partial charge < -0.3 is 15.3 Å². The first-order valence-electron chi connectivity index (χ1n) is 6.42. The monoisotopic (exact) mass is 264 g/mol. The molecule has 0 aliphatic heterocycles. The minimum Gasteiger partial charge on any atom is -0.443 e. The third-order valence-electron chi connectivity index (χ3n) is 3.33. The number of aliphatic hydroxyl groups excluding tert-OH is 1. The Balaban J connectivity index is 2.35. The van der Waals surface area contributed by atoms with E-state index >= 15 is 0 Å². The summed E-state index contributed by atoms with van der Waals surface area (Å²) in [5.41, 5.74) is 7.51. The molecule has 0 fully saturated rings. The second kappa shape index (κ2) is 5.54. The molecule has 2 heterocycles. The van der Waals surface area contributed by atoms with Gasteiger partial charge in [-0.1, -0.05) is 6.92 Å². The van der Waals surface area contributed by atoms with Gasteiger partial charge in [0.1, 0.15) is 17.4 Å². The lowest BCUT2D eigenvalue weighted by Crippen LogP contribution is -2.27. The van der Waals surface area contributed by atoms with Crippen LogP contribution in [-0.4, -0.2) is 39.7 Å². The van der Waals surface area contributed by atoms with Crippen LogP contribution < -0.4 is 5.73 Å². The minimum atomic E-state index is 0.116. The van der Waals surface area contributed by atoms with Crippen molar-refractivity contribution < 1.29 is 9.52 Å². The second-order valence-corrected chi connectivity index (χ2v) is 4.58.